The molecule has 3 fully saturated rings. The van der Waals surface area contributed by atoms with Crippen LogP contribution < -0.4 is 11.1 Å². The monoisotopic (exact) mass is 495 g/mol. The largest absolute Gasteiger partial charge is 0.508 e. The normalized spacial score (nSPS) is 32.8. The second-order valence-corrected chi connectivity index (χ2v) is 10.6. The smallest absolute Gasteiger partial charge is 0.255 e. The SMILES string of the molecule is NC(=O)C1=C(O)[C@@]2(O)C(=O)C3=C(O)c4c(O)ccc(C5CC5)c4CC3CC2[C@@H](N2CCNCC2)C1=O. The fraction of sp³-hybridized carbons (Fsp3) is 0.500. The average Bonchev–Trinajstić information content (AvgIpc) is 3.67. The molecule has 7 N–H and O–H groups in total. The molecule has 1 saturated heterocycles. The molecule has 36 heavy (non-hydrogen) atoms. The fourth-order valence-corrected chi connectivity index (χ4v) is 6.83. The number of rotatable bonds is 3. The van der Waals surface area contributed by atoms with Gasteiger partial charge in [0.05, 0.1) is 11.6 Å². The van der Waals surface area contributed by atoms with Crippen molar-refractivity contribution in [2.45, 2.75) is 43.2 Å². The predicted molar refractivity (Wildman–Crippen MR) is 127 cm³/mol. The van der Waals surface area contributed by atoms with Crippen LogP contribution in [0.25, 0.3) is 5.76 Å². The van der Waals surface area contributed by atoms with Crippen molar-refractivity contribution in [3.05, 3.63) is 45.7 Å². The molecule has 4 atom stereocenters. The van der Waals surface area contributed by atoms with Crippen LogP contribution in [0.1, 0.15) is 41.9 Å². The number of benzene rings is 1. The Kier molecular flexibility index (Phi) is 5.09. The third kappa shape index (κ3) is 3.04. The Morgan fingerprint density at radius 1 is 1.08 bits per heavy atom. The lowest BCUT2D eigenvalue weighted by Crippen LogP contribution is -2.68. The average molecular weight is 496 g/mol. The Labute approximate surface area is 207 Å². The number of nitrogens with two attached hydrogens (primary N) is 1. The zero-order chi connectivity index (χ0) is 25.5. The van der Waals surface area contributed by atoms with Gasteiger partial charge < -0.3 is 31.5 Å². The number of amides is 1. The lowest BCUT2D eigenvalue weighted by molar-refractivity contribution is -0.155. The second kappa shape index (κ2) is 7.89. The van der Waals surface area contributed by atoms with Crippen molar-refractivity contribution in [1.82, 2.24) is 10.2 Å². The van der Waals surface area contributed by atoms with E-state index >= 15 is 0 Å². The number of aliphatic hydroxyl groups excluding tert-OH is 2. The van der Waals surface area contributed by atoms with Crippen LogP contribution in [0, 0.1) is 11.8 Å². The summed E-state index contributed by atoms with van der Waals surface area (Å²) in [5.41, 5.74) is 3.93. The van der Waals surface area contributed by atoms with E-state index in [0.717, 1.165) is 24.0 Å². The third-order valence-corrected chi connectivity index (χ3v) is 8.65. The summed E-state index contributed by atoms with van der Waals surface area (Å²) in [6.07, 6.45) is 2.49. The molecular formula is C26H29N3O7. The Balaban J connectivity index is 1.54. The second-order valence-electron chi connectivity index (χ2n) is 10.6. The van der Waals surface area contributed by atoms with Crippen molar-refractivity contribution in [1.29, 1.82) is 0 Å². The molecular weight excluding hydrogens is 466 g/mol. The van der Waals surface area contributed by atoms with Crippen molar-refractivity contribution in [2.75, 3.05) is 26.2 Å². The number of Topliss-reactive ketones (excluding diaryl/α,β-unsaturated/α-hetero) is 2. The Morgan fingerprint density at radius 2 is 1.78 bits per heavy atom. The number of nitrogens with zero attached hydrogens (tertiary/aromatic N) is 1. The van der Waals surface area contributed by atoms with E-state index in [1.807, 2.05) is 11.0 Å². The summed E-state index contributed by atoms with van der Waals surface area (Å²) in [7, 11) is 0. The van der Waals surface area contributed by atoms with Gasteiger partial charge in [0.2, 0.25) is 5.78 Å². The molecule has 10 nitrogen and oxygen atoms in total. The molecule has 4 aliphatic carbocycles. The molecule has 5 aliphatic rings. The number of phenolic OH excluding ortho intramolecular Hbond substituents is 1. The molecule has 1 aliphatic heterocycles. The highest BCUT2D eigenvalue weighted by Crippen LogP contribution is 2.54. The summed E-state index contributed by atoms with van der Waals surface area (Å²) in [5.74, 6) is -5.78. The Hall–Kier alpha value is -3.21. The maximum Gasteiger partial charge on any atom is 0.255 e. The van der Waals surface area contributed by atoms with Gasteiger partial charge in [0, 0.05) is 37.7 Å². The first-order valence-electron chi connectivity index (χ1n) is 12.4. The third-order valence-electron chi connectivity index (χ3n) is 8.65. The maximum absolute atomic E-state index is 14.0. The molecule has 1 aromatic carbocycles. The summed E-state index contributed by atoms with van der Waals surface area (Å²) in [6, 6.07) is 2.32. The lowest BCUT2D eigenvalue weighted by Gasteiger charge is -2.51. The highest BCUT2D eigenvalue weighted by atomic mass is 16.3. The first-order valence-corrected chi connectivity index (χ1v) is 12.4. The topological polar surface area (TPSA) is 173 Å². The van der Waals surface area contributed by atoms with E-state index < -0.39 is 58.0 Å². The van der Waals surface area contributed by atoms with Crippen LogP contribution >= 0.6 is 0 Å². The minimum atomic E-state index is -2.60. The van der Waals surface area contributed by atoms with Gasteiger partial charge in [0.15, 0.2) is 11.4 Å². The van der Waals surface area contributed by atoms with Crippen LogP contribution in [0.2, 0.25) is 0 Å². The van der Waals surface area contributed by atoms with Gasteiger partial charge >= 0.3 is 0 Å². The Morgan fingerprint density at radius 3 is 2.42 bits per heavy atom. The van der Waals surface area contributed by atoms with E-state index in [2.05, 4.69) is 5.32 Å². The van der Waals surface area contributed by atoms with Gasteiger partial charge in [-0.25, -0.2) is 0 Å². The summed E-state index contributed by atoms with van der Waals surface area (Å²) in [4.78, 5) is 41.5. The Bertz CT molecular complexity index is 1270. The number of aliphatic hydroxyl groups is 3. The summed E-state index contributed by atoms with van der Waals surface area (Å²) >= 11 is 0. The van der Waals surface area contributed by atoms with Gasteiger partial charge in [-0.2, -0.15) is 0 Å². The maximum atomic E-state index is 14.0. The molecule has 2 unspecified atom stereocenters. The first kappa shape index (κ1) is 23.2. The number of hydrogen-bond donors (Lipinski definition) is 6. The number of ketones is 2. The molecule has 6 rings (SSSR count). The van der Waals surface area contributed by atoms with E-state index in [1.54, 1.807) is 0 Å². The number of primary amides is 1. The van der Waals surface area contributed by atoms with Crippen LogP contribution in [0.3, 0.4) is 0 Å². The number of piperazine rings is 1. The van der Waals surface area contributed by atoms with E-state index in [0.29, 0.717) is 38.5 Å². The van der Waals surface area contributed by atoms with Crippen molar-refractivity contribution in [2.24, 2.45) is 17.6 Å². The van der Waals surface area contributed by atoms with Crippen molar-refractivity contribution in [3.63, 3.8) is 0 Å². The van der Waals surface area contributed by atoms with Crippen LogP contribution in [-0.4, -0.2) is 80.6 Å². The minimum absolute atomic E-state index is 0.103. The van der Waals surface area contributed by atoms with Gasteiger partial charge in [-0.15, -0.1) is 0 Å². The number of phenols is 1. The number of hydrogen-bond acceptors (Lipinski definition) is 9. The molecule has 1 heterocycles. The predicted octanol–water partition coefficient (Wildman–Crippen LogP) is 0.185. The van der Waals surface area contributed by atoms with E-state index in [4.69, 9.17) is 5.73 Å². The first-order chi connectivity index (χ1) is 17.2. The number of aromatic hydroxyl groups is 1. The standard InChI is InChI=1S/C26H29N3O7/c27-25(35)19-22(32)20(29-7-5-28-6-8-29)15-10-12-9-14-13(11-1-2-11)3-4-16(30)18(14)21(31)17(12)23(33)26(15,36)24(19)34/h3-4,11-12,15,20,28,30-31,34,36H,1-2,5-10H2,(H2,27,35)/t12?,15?,20-,26+/m1/s1. The molecule has 2 saturated carbocycles. The molecule has 0 spiro atoms. The summed E-state index contributed by atoms with van der Waals surface area (Å²) < 4.78 is 0. The van der Waals surface area contributed by atoms with Crippen molar-refractivity contribution in [3.8, 4) is 5.75 Å². The van der Waals surface area contributed by atoms with Gasteiger partial charge in [-0.05, 0) is 54.7 Å². The molecule has 0 radical (unpaired) electrons. The highest BCUT2D eigenvalue weighted by Gasteiger charge is 2.64. The lowest BCUT2D eigenvalue weighted by atomic mass is 9.57. The van der Waals surface area contributed by atoms with Gasteiger partial charge in [-0.1, -0.05) is 6.07 Å². The van der Waals surface area contributed by atoms with E-state index in [-0.39, 0.29) is 23.3 Å². The van der Waals surface area contributed by atoms with Gasteiger partial charge in [0.25, 0.3) is 5.91 Å². The molecule has 0 bridgehead atoms. The molecule has 1 aromatic rings. The molecule has 190 valence electrons. The highest BCUT2D eigenvalue weighted by molar-refractivity contribution is 6.24. The minimum Gasteiger partial charge on any atom is -0.508 e. The quantitative estimate of drug-likeness (QED) is 0.320. The molecule has 10 heteroatoms. The molecule has 1 amide bonds. The number of carbonyl (C=O) groups is 3. The number of carbonyl (C=O) groups excluding carboxylic acids is 3. The number of fused-ring (bicyclic) bond motifs is 3. The summed E-state index contributed by atoms with van der Waals surface area (Å²) in [6.45, 7) is 2.06. The fourth-order valence-electron chi connectivity index (χ4n) is 6.83. The van der Waals surface area contributed by atoms with Gasteiger partial charge in [-0.3, -0.25) is 19.3 Å². The van der Waals surface area contributed by atoms with Gasteiger partial charge in [0.1, 0.15) is 22.8 Å². The summed E-state index contributed by atoms with van der Waals surface area (Å²) in [5, 5.41) is 47.9. The van der Waals surface area contributed by atoms with Crippen molar-refractivity contribution >= 4 is 23.2 Å². The number of nitrogens with one attached hydrogen (secondary N) is 1. The van der Waals surface area contributed by atoms with Crippen LogP contribution in [0.5, 0.6) is 5.75 Å². The molecule has 0 aromatic heterocycles. The van der Waals surface area contributed by atoms with E-state index in [9.17, 15) is 34.8 Å². The van der Waals surface area contributed by atoms with E-state index in [1.165, 1.54) is 6.07 Å². The van der Waals surface area contributed by atoms with Crippen LogP contribution in [0.4, 0.5) is 0 Å². The van der Waals surface area contributed by atoms with Crippen molar-refractivity contribution < 1.29 is 34.8 Å². The zero-order valence-corrected chi connectivity index (χ0v) is 19.7. The zero-order valence-electron chi connectivity index (χ0n) is 19.7. The van der Waals surface area contributed by atoms with Crippen LogP contribution in [-0.2, 0) is 20.8 Å². The van der Waals surface area contributed by atoms with Crippen LogP contribution in [0.15, 0.2) is 29.0 Å².